The number of nitrogens with zero attached hydrogens (tertiary/aromatic N) is 3. The number of aromatic amines is 1. The summed E-state index contributed by atoms with van der Waals surface area (Å²) in [6.45, 7) is 5.74. The highest BCUT2D eigenvalue weighted by molar-refractivity contribution is 5.96. The maximum absolute atomic E-state index is 11.9. The van der Waals surface area contributed by atoms with Gasteiger partial charge < -0.3 is 5.32 Å². The standard InChI is InChI=1S/C14H19N5O2/c1-9-14(11(3)20)10(2)19(18-9)8-13(21)15-5-4-12-6-16-17-7-12/h6-7H,4-5,8H2,1-3H3,(H,15,21)(H,16,17). The molecule has 2 rings (SSSR count). The second kappa shape index (κ2) is 6.34. The first-order valence-electron chi connectivity index (χ1n) is 6.78. The highest BCUT2D eigenvalue weighted by Crippen LogP contribution is 2.13. The van der Waals surface area contributed by atoms with Crippen molar-refractivity contribution in [1.82, 2.24) is 25.3 Å². The van der Waals surface area contributed by atoms with Gasteiger partial charge in [0.05, 0.1) is 17.5 Å². The summed E-state index contributed by atoms with van der Waals surface area (Å²) in [5.41, 5.74) is 3.03. The van der Waals surface area contributed by atoms with Crippen LogP contribution < -0.4 is 5.32 Å². The lowest BCUT2D eigenvalue weighted by Gasteiger charge is -2.06. The maximum atomic E-state index is 11.9. The molecule has 2 N–H and O–H groups in total. The number of Topliss-reactive ketones (excluding diaryl/α,β-unsaturated/α-hetero) is 1. The largest absolute Gasteiger partial charge is 0.354 e. The molecular weight excluding hydrogens is 270 g/mol. The lowest BCUT2D eigenvalue weighted by atomic mass is 10.1. The summed E-state index contributed by atoms with van der Waals surface area (Å²) < 4.78 is 1.57. The predicted octanol–water partition coefficient (Wildman–Crippen LogP) is 0.785. The molecule has 0 aliphatic carbocycles. The molecular formula is C14H19N5O2. The first-order valence-corrected chi connectivity index (χ1v) is 6.78. The van der Waals surface area contributed by atoms with Crippen molar-refractivity contribution in [3.63, 3.8) is 0 Å². The van der Waals surface area contributed by atoms with Crippen molar-refractivity contribution in [3.05, 3.63) is 34.9 Å². The number of hydrogen-bond acceptors (Lipinski definition) is 4. The van der Waals surface area contributed by atoms with Gasteiger partial charge in [-0.1, -0.05) is 0 Å². The Morgan fingerprint density at radius 1 is 1.38 bits per heavy atom. The molecule has 21 heavy (non-hydrogen) atoms. The van der Waals surface area contributed by atoms with Crippen molar-refractivity contribution in [2.45, 2.75) is 33.7 Å². The minimum Gasteiger partial charge on any atom is -0.354 e. The Hall–Kier alpha value is -2.44. The first-order chi connectivity index (χ1) is 9.99. The van der Waals surface area contributed by atoms with Crippen LogP contribution in [0.15, 0.2) is 12.4 Å². The number of H-pyrrole nitrogens is 1. The zero-order valence-corrected chi connectivity index (χ0v) is 12.4. The highest BCUT2D eigenvalue weighted by Gasteiger charge is 2.16. The molecule has 0 aliphatic rings. The fourth-order valence-electron chi connectivity index (χ4n) is 2.31. The summed E-state index contributed by atoms with van der Waals surface area (Å²) in [5, 5.41) is 13.6. The minimum absolute atomic E-state index is 0.0309. The Morgan fingerprint density at radius 3 is 2.71 bits per heavy atom. The number of aromatic nitrogens is 4. The molecule has 0 saturated heterocycles. The Balaban J connectivity index is 1.91. The molecule has 0 aromatic carbocycles. The van der Waals surface area contributed by atoms with E-state index >= 15 is 0 Å². The maximum Gasteiger partial charge on any atom is 0.241 e. The average Bonchev–Trinajstić information content (AvgIpc) is 2.99. The number of carbonyl (C=O) groups excluding carboxylic acids is 2. The first kappa shape index (κ1) is 15.0. The van der Waals surface area contributed by atoms with Crippen molar-refractivity contribution >= 4 is 11.7 Å². The summed E-state index contributed by atoms with van der Waals surface area (Å²) in [4.78, 5) is 23.4. The van der Waals surface area contributed by atoms with Crippen LogP contribution in [0.2, 0.25) is 0 Å². The molecule has 2 heterocycles. The van der Waals surface area contributed by atoms with Crippen LogP contribution in [0, 0.1) is 13.8 Å². The number of nitrogens with one attached hydrogen (secondary N) is 2. The summed E-state index contributed by atoms with van der Waals surface area (Å²) in [6.07, 6.45) is 4.25. The fraction of sp³-hybridized carbons (Fsp3) is 0.429. The van der Waals surface area contributed by atoms with Crippen LogP contribution >= 0.6 is 0 Å². The molecule has 7 nitrogen and oxygen atoms in total. The molecule has 0 radical (unpaired) electrons. The molecule has 0 aliphatic heterocycles. The van der Waals surface area contributed by atoms with Gasteiger partial charge in [-0.05, 0) is 32.8 Å². The van der Waals surface area contributed by atoms with Crippen LogP contribution in [0.5, 0.6) is 0 Å². The van der Waals surface area contributed by atoms with E-state index < -0.39 is 0 Å². The number of carbonyl (C=O) groups is 2. The molecule has 0 fully saturated rings. The molecule has 2 aromatic heterocycles. The Kier molecular flexibility index (Phi) is 4.52. The van der Waals surface area contributed by atoms with Gasteiger partial charge in [-0.3, -0.25) is 19.4 Å². The third-order valence-electron chi connectivity index (χ3n) is 3.32. The van der Waals surface area contributed by atoms with Crippen LogP contribution in [0.1, 0.15) is 34.2 Å². The lowest BCUT2D eigenvalue weighted by molar-refractivity contribution is -0.121. The summed E-state index contributed by atoms with van der Waals surface area (Å²) >= 11 is 0. The third kappa shape index (κ3) is 3.56. The van der Waals surface area contributed by atoms with Crippen LogP contribution in [0.4, 0.5) is 0 Å². The molecule has 7 heteroatoms. The number of ketones is 1. The van der Waals surface area contributed by atoms with Gasteiger partial charge in [-0.15, -0.1) is 0 Å². The van der Waals surface area contributed by atoms with Gasteiger partial charge in [-0.2, -0.15) is 10.2 Å². The summed E-state index contributed by atoms with van der Waals surface area (Å²) in [6, 6.07) is 0. The zero-order chi connectivity index (χ0) is 15.4. The van der Waals surface area contributed by atoms with E-state index in [4.69, 9.17) is 0 Å². The Labute approximate surface area is 122 Å². The second-order valence-corrected chi connectivity index (χ2v) is 4.97. The van der Waals surface area contributed by atoms with Gasteiger partial charge in [0.1, 0.15) is 6.54 Å². The SMILES string of the molecule is CC(=O)c1c(C)nn(CC(=O)NCCc2cn[nH]c2)c1C. The quantitative estimate of drug-likeness (QED) is 0.769. The lowest BCUT2D eigenvalue weighted by Crippen LogP contribution is -2.30. The predicted molar refractivity (Wildman–Crippen MR) is 77.0 cm³/mol. The summed E-state index contributed by atoms with van der Waals surface area (Å²) in [7, 11) is 0. The number of rotatable bonds is 6. The van der Waals surface area contributed by atoms with Gasteiger partial charge in [0.2, 0.25) is 5.91 Å². The molecule has 0 saturated carbocycles. The molecule has 112 valence electrons. The molecule has 0 bridgehead atoms. The minimum atomic E-state index is -0.126. The van der Waals surface area contributed by atoms with Crippen molar-refractivity contribution in [1.29, 1.82) is 0 Å². The number of hydrogen-bond donors (Lipinski definition) is 2. The molecule has 0 unspecified atom stereocenters. The molecule has 0 atom stereocenters. The van der Waals surface area contributed by atoms with Crippen molar-refractivity contribution in [3.8, 4) is 0 Å². The van der Waals surface area contributed by atoms with E-state index in [1.54, 1.807) is 30.9 Å². The van der Waals surface area contributed by atoms with E-state index in [0.717, 1.165) is 17.7 Å². The van der Waals surface area contributed by atoms with Crippen LogP contribution in [-0.2, 0) is 17.8 Å². The van der Waals surface area contributed by atoms with Crippen molar-refractivity contribution in [2.24, 2.45) is 0 Å². The Morgan fingerprint density at radius 2 is 2.14 bits per heavy atom. The van der Waals surface area contributed by atoms with Crippen molar-refractivity contribution < 1.29 is 9.59 Å². The highest BCUT2D eigenvalue weighted by atomic mass is 16.2. The normalized spacial score (nSPS) is 10.6. The third-order valence-corrected chi connectivity index (χ3v) is 3.32. The number of aryl methyl sites for hydroxylation is 1. The molecule has 1 amide bonds. The Bertz CT molecular complexity index is 643. The van der Waals surface area contributed by atoms with Crippen LogP contribution in [-0.4, -0.2) is 38.2 Å². The van der Waals surface area contributed by atoms with E-state index in [1.165, 1.54) is 6.92 Å². The van der Waals surface area contributed by atoms with Crippen LogP contribution in [0.25, 0.3) is 0 Å². The van der Waals surface area contributed by atoms with Gasteiger partial charge >= 0.3 is 0 Å². The van der Waals surface area contributed by atoms with E-state index in [0.29, 0.717) is 17.8 Å². The summed E-state index contributed by atoms with van der Waals surface area (Å²) in [5.74, 6) is -0.157. The topological polar surface area (TPSA) is 92.7 Å². The zero-order valence-electron chi connectivity index (χ0n) is 12.4. The van der Waals surface area contributed by atoms with E-state index in [9.17, 15) is 9.59 Å². The van der Waals surface area contributed by atoms with Gasteiger partial charge in [0.25, 0.3) is 0 Å². The van der Waals surface area contributed by atoms with Crippen molar-refractivity contribution in [2.75, 3.05) is 6.54 Å². The van der Waals surface area contributed by atoms with Gasteiger partial charge in [-0.25, -0.2) is 0 Å². The van der Waals surface area contributed by atoms with E-state index in [1.807, 2.05) is 0 Å². The van der Waals surface area contributed by atoms with E-state index in [2.05, 4.69) is 20.6 Å². The molecule has 2 aromatic rings. The van der Waals surface area contributed by atoms with E-state index in [-0.39, 0.29) is 18.2 Å². The molecule has 0 spiro atoms. The smallest absolute Gasteiger partial charge is 0.241 e. The average molecular weight is 289 g/mol. The monoisotopic (exact) mass is 289 g/mol. The number of amides is 1. The van der Waals surface area contributed by atoms with Gasteiger partial charge in [0, 0.05) is 18.4 Å². The van der Waals surface area contributed by atoms with Crippen LogP contribution in [0.3, 0.4) is 0 Å². The van der Waals surface area contributed by atoms with Gasteiger partial charge in [0.15, 0.2) is 5.78 Å². The fourth-order valence-corrected chi connectivity index (χ4v) is 2.31. The second-order valence-electron chi connectivity index (χ2n) is 4.97.